The number of amides is 2. The molecule has 180 valence electrons. The minimum absolute atomic E-state index is 0.0277. The zero-order chi connectivity index (χ0) is 24.2. The second-order valence-corrected chi connectivity index (χ2v) is 10.7. The minimum Gasteiger partial charge on any atom is -0.349 e. The Morgan fingerprint density at radius 1 is 1.24 bits per heavy atom. The zero-order valence-corrected chi connectivity index (χ0v) is 21.4. The summed E-state index contributed by atoms with van der Waals surface area (Å²) < 4.78 is 1.90. The van der Waals surface area contributed by atoms with E-state index in [4.69, 9.17) is 0 Å². The summed E-state index contributed by atoms with van der Waals surface area (Å²) in [6.45, 7) is 4.15. The van der Waals surface area contributed by atoms with Crippen LogP contribution in [0.15, 0.2) is 40.1 Å². The smallest absolute Gasteiger partial charge is 0.259 e. The van der Waals surface area contributed by atoms with Gasteiger partial charge in [0.2, 0.25) is 5.43 Å². The molecule has 0 spiro atoms. The molecule has 9 heteroatoms. The molecule has 0 aromatic carbocycles. The first-order chi connectivity index (χ1) is 16.4. The van der Waals surface area contributed by atoms with Crippen LogP contribution in [-0.4, -0.2) is 39.4 Å². The number of carbonyl (C=O) groups excluding carboxylic acids is 2. The van der Waals surface area contributed by atoms with Gasteiger partial charge in [-0.15, -0.1) is 22.7 Å². The summed E-state index contributed by atoms with van der Waals surface area (Å²) in [6, 6.07) is 4.13. The highest BCUT2D eigenvalue weighted by atomic mass is 32.1. The molecular formula is C25H30N4O3S2. The third-order valence-electron chi connectivity index (χ3n) is 6.29. The van der Waals surface area contributed by atoms with Gasteiger partial charge in [0, 0.05) is 36.9 Å². The summed E-state index contributed by atoms with van der Waals surface area (Å²) in [6.07, 6.45) is 8.17. The van der Waals surface area contributed by atoms with Gasteiger partial charge in [-0.25, -0.2) is 4.98 Å². The summed E-state index contributed by atoms with van der Waals surface area (Å²) in [5.41, 5.74) is 0.301. The molecule has 1 aliphatic rings. The zero-order valence-electron chi connectivity index (χ0n) is 19.7. The van der Waals surface area contributed by atoms with Gasteiger partial charge in [0.1, 0.15) is 16.1 Å². The molecule has 3 aromatic heterocycles. The molecule has 1 unspecified atom stereocenters. The highest BCUT2D eigenvalue weighted by Gasteiger charge is 2.25. The molecule has 3 heterocycles. The Hall–Kier alpha value is -2.78. The van der Waals surface area contributed by atoms with Crippen LogP contribution in [0.4, 0.5) is 0 Å². The lowest BCUT2D eigenvalue weighted by molar-refractivity contribution is 0.0781. The Balaban J connectivity index is 1.61. The number of hydrogen-bond donors (Lipinski definition) is 1. The van der Waals surface area contributed by atoms with Crippen molar-refractivity contribution in [2.75, 3.05) is 7.05 Å². The molecule has 0 saturated heterocycles. The summed E-state index contributed by atoms with van der Waals surface area (Å²) in [5.74, 6) is -0.830. The monoisotopic (exact) mass is 498 g/mol. The molecule has 3 aromatic rings. The van der Waals surface area contributed by atoms with Crippen molar-refractivity contribution >= 4 is 34.5 Å². The van der Waals surface area contributed by atoms with Gasteiger partial charge in [-0.1, -0.05) is 25.8 Å². The van der Waals surface area contributed by atoms with Crippen molar-refractivity contribution < 1.29 is 9.59 Å². The normalized spacial score (nSPS) is 14.8. The standard InChI is InChI=1S/C25H30N4O3S2/c1-4-16(2)26-23(31)19-13-29(18-8-5-6-9-18)14-20(22(19)30)25(32)28(3)12-17-15-34-24(27-17)21-10-7-11-33-21/h7,10-11,13-16,18H,4-6,8-9,12H2,1-3H3,(H,26,31). The molecule has 7 nitrogen and oxygen atoms in total. The number of thiophene rings is 1. The van der Waals surface area contributed by atoms with Crippen molar-refractivity contribution in [2.24, 2.45) is 0 Å². The average Bonchev–Trinajstić information content (AvgIpc) is 3.61. The minimum atomic E-state index is -0.524. The fourth-order valence-corrected chi connectivity index (χ4v) is 5.77. The topological polar surface area (TPSA) is 84.3 Å². The van der Waals surface area contributed by atoms with E-state index in [0.717, 1.165) is 47.7 Å². The van der Waals surface area contributed by atoms with Crippen molar-refractivity contribution in [1.82, 2.24) is 19.8 Å². The van der Waals surface area contributed by atoms with Crippen LogP contribution < -0.4 is 10.7 Å². The average molecular weight is 499 g/mol. The van der Waals surface area contributed by atoms with Gasteiger partial charge in [0.05, 0.1) is 17.1 Å². The molecule has 1 aliphatic carbocycles. The van der Waals surface area contributed by atoms with Crippen molar-refractivity contribution in [3.05, 3.63) is 62.3 Å². The SMILES string of the molecule is CCC(C)NC(=O)c1cn(C2CCCC2)cc(C(=O)N(C)Cc2csc(-c3cccs3)n2)c1=O. The van der Waals surface area contributed by atoms with Gasteiger partial charge >= 0.3 is 0 Å². The van der Waals surface area contributed by atoms with E-state index in [1.165, 1.54) is 16.2 Å². The Labute approximate surface area is 207 Å². The largest absolute Gasteiger partial charge is 0.349 e. The fourth-order valence-electron chi connectivity index (χ4n) is 4.14. The summed E-state index contributed by atoms with van der Waals surface area (Å²) >= 11 is 3.16. The highest BCUT2D eigenvalue weighted by molar-refractivity contribution is 7.20. The van der Waals surface area contributed by atoms with Gasteiger partial charge in [0.25, 0.3) is 11.8 Å². The fraction of sp³-hybridized carbons (Fsp3) is 0.440. The predicted octanol–water partition coefficient (Wildman–Crippen LogP) is 4.95. The van der Waals surface area contributed by atoms with Gasteiger partial charge in [-0.3, -0.25) is 14.4 Å². The lowest BCUT2D eigenvalue weighted by Crippen LogP contribution is -2.38. The summed E-state index contributed by atoms with van der Waals surface area (Å²) in [5, 5.41) is 7.73. The Morgan fingerprint density at radius 3 is 2.65 bits per heavy atom. The van der Waals surface area contributed by atoms with Crippen molar-refractivity contribution in [2.45, 2.75) is 64.6 Å². The second-order valence-electron chi connectivity index (χ2n) is 8.87. The quantitative estimate of drug-likeness (QED) is 0.476. The van der Waals surface area contributed by atoms with Crippen LogP contribution in [0.1, 0.15) is 78.4 Å². The lowest BCUT2D eigenvalue weighted by atomic mass is 10.1. The Morgan fingerprint density at radius 2 is 1.97 bits per heavy atom. The number of aromatic nitrogens is 2. The number of carbonyl (C=O) groups is 2. The van der Waals surface area contributed by atoms with E-state index >= 15 is 0 Å². The van der Waals surface area contributed by atoms with Crippen LogP contribution in [0.3, 0.4) is 0 Å². The van der Waals surface area contributed by atoms with Crippen LogP contribution in [0.25, 0.3) is 9.88 Å². The molecule has 1 fully saturated rings. The molecule has 1 N–H and O–H groups in total. The molecule has 1 atom stereocenters. The molecule has 0 radical (unpaired) electrons. The Kier molecular flexibility index (Phi) is 7.63. The van der Waals surface area contributed by atoms with Gasteiger partial charge in [-0.2, -0.15) is 0 Å². The van der Waals surface area contributed by atoms with E-state index in [1.807, 2.05) is 41.3 Å². The van der Waals surface area contributed by atoms with E-state index in [-0.39, 0.29) is 29.8 Å². The van der Waals surface area contributed by atoms with Crippen LogP contribution in [0.5, 0.6) is 0 Å². The van der Waals surface area contributed by atoms with E-state index in [1.54, 1.807) is 30.8 Å². The van der Waals surface area contributed by atoms with Gasteiger partial charge in [-0.05, 0) is 37.6 Å². The second kappa shape index (κ2) is 10.7. The maximum atomic E-state index is 13.4. The van der Waals surface area contributed by atoms with Crippen molar-refractivity contribution in [1.29, 1.82) is 0 Å². The number of pyridine rings is 1. The van der Waals surface area contributed by atoms with Crippen LogP contribution in [-0.2, 0) is 6.54 Å². The first-order valence-electron chi connectivity index (χ1n) is 11.7. The van der Waals surface area contributed by atoms with E-state index in [9.17, 15) is 14.4 Å². The first kappa shape index (κ1) is 24.3. The van der Waals surface area contributed by atoms with Gasteiger partial charge in [0.15, 0.2) is 0 Å². The molecule has 0 aliphatic heterocycles. The summed E-state index contributed by atoms with van der Waals surface area (Å²) in [7, 11) is 1.66. The first-order valence-corrected chi connectivity index (χ1v) is 13.4. The number of nitrogens with one attached hydrogen (secondary N) is 1. The maximum Gasteiger partial charge on any atom is 0.259 e. The van der Waals surface area contributed by atoms with Crippen molar-refractivity contribution in [3.8, 4) is 9.88 Å². The number of hydrogen-bond acceptors (Lipinski definition) is 6. The predicted molar refractivity (Wildman–Crippen MR) is 137 cm³/mol. The van der Waals surface area contributed by atoms with Crippen molar-refractivity contribution in [3.63, 3.8) is 0 Å². The molecule has 34 heavy (non-hydrogen) atoms. The van der Waals surface area contributed by atoms with Crippen LogP contribution >= 0.6 is 22.7 Å². The number of nitrogens with zero attached hydrogens (tertiary/aromatic N) is 3. The van der Waals surface area contributed by atoms with E-state index in [2.05, 4.69) is 10.3 Å². The summed E-state index contributed by atoms with van der Waals surface area (Å²) in [4.78, 5) is 46.8. The molecule has 0 bridgehead atoms. The number of rotatable bonds is 8. The van der Waals surface area contributed by atoms with E-state index < -0.39 is 17.2 Å². The molecule has 2 amide bonds. The van der Waals surface area contributed by atoms with Crippen LogP contribution in [0, 0.1) is 0 Å². The third kappa shape index (κ3) is 5.31. The lowest BCUT2D eigenvalue weighted by Gasteiger charge is -2.21. The third-order valence-corrected chi connectivity index (χ3v) is 8.22. The van der Waals surface area contributed by atoms with Gasteiger partial charge < -0.3 is 14.8 Å². The van der Waals surface area contributed by atoms with E-state index in [0.29, 0.717) is 0 Å². The Bertz CT molecular complexity index is 1210. The molecule has 1 saturated carbocycles. The molecular weight excluding hydrogens is 468 g/mol. The maximum absolute atomic E-state index is 13.4. The number of thiazole rings is 1. The molecule has 4 rings (SSSR count). The highest BCUT2D eigenvalue weighted by Crippen LogP contribution is 2.30. The van der Waals surface area contributed by atoms with Crippen LogP contribution in [0.2, 0.25) is 0 Å².